The predicted octanol–water partition coefficient (Wildman–Crippen LogP) is 4.51. The van der Waals surface area contributed by atoms with Crippen molar-refractivity contribution in [2.75, 3.05) is 6.61 Å². The fourth-order valence-electron chi connectivity index (χ4n) is 4.01. The Balaban J connectivity index is 2.08. The van der Waals surface area contributed by atoms with Gasteiger partial charge in [0, 0.05) is 12.8 Å². The Bertz CT molecular complexity index is 431. The number of hydrogen-bond donors (Lipinski definition) is 0. The summed E-state index contributed by atoms with van der Waals surface area (Å²) in [4.78, 5) is 11.0. The van der Waals surface area contributed by atoms with Crippen LogP contribution in [-0.4, -0.2) is 12.6 Å². The Kier molecular flexibility index (Phi) is 4.41. The molecule has 2 aliphatic carbocycles. The Morgan fingerprint density at radius 1 is 1.50 bits per heavy atom. The molecule has 2 rings (SSSR count). The van der Waals surface area contributed by atoms with Gasteiger partial charge in [-0.15, -0.1) is 0 Å². The average Bonchev–Trinajstić information content (AvgIpc) is 2.36. The SMILES string of the molecule is C=C1C[C@@H](COC(C)=O)/C=C(\C)CC[C@@H]2[C@@H]1CC2(C)C. The topological polar surface area (TPSA) is 26.3 Å². The molecule has 1 fully saturated rings. The molecule has 0 heterocycles. The second-order valence-electron chi connectivity index (χ2n) is 7.38. The second-order valence-corrected chi connectivity index (χ2v) is 7.38. The lowest BCUT2D eigenvalue weighted by atomic mass is 9.52. The first-order chi connectivity index (χ1) is 9.29. The highest BCUT2D eigenvalue weighted by molar-refractivity contribution is 5.65. The van der Waals surface area contributed by atoms with Crippen LogP contribution in [0.1, 0.15) is 53.4 Å². The third kappa shape index (κ3) is 3.34. The van der Waals surface area contributed by atoms with Crippen LogP contribution in [0.15, 0.2) is 23.8 Å². The fraction of sp³-hybridized carbons (Fsp3) is 0.722. The molecular formula is C18H28O2. The molecule has 0 unspecified atom stereocenters. The zero-order chi connectivity index (χ0) is 14.9. The van der Waals surface area contributed by atoms with Crippen LogP contribution < -0.4 is 0 Å². The van der Waals surface area contributed by atoms with Gasteiger partial charge >= 0.3 is 5.97 Å². The molecule has 0 N–H and O–H groups in total. The maximum Gasteiger partial charge on any atom is 0.302 e. The number of esters is 1. The third-order valence-electron chi connectivity index (χ3n) is 5.15. The molecule has 20 heavy (non-hydrogen) atoms. The van der Waals surface area contributed by atoms with E-state index in [4.69, 9.17) is 4.74 Å². The quantitative estimate of drug-likeness (QED) is 0.548. The Hall–Kier alpha value is -1.05. The van der Waals surface area contributed by atoms with Crippen LogP contribution in [0.3, 0.4) is 0 Å². The lowest BCUT2D eigenvalue weighted by Gasteiger charge is -2.53. The molecule has 0 spiro atoms. The van der Waals surface area contributed by atoms with Crippen molar-refractivity contribution in [2.45, 2.75) is 53.4 Å². The van der Waals surface area contributed by atoms with Crippen LogP contribution in [-0.2, 0) is 9.53 Å². The Morgan fingerprint density at radius 2 is 2.20 bits per heavy atom. The minimum Gasteiger partial charge on any atom is -0.465 e. The van der Waals surface area contributed by atoms with Gasteiger partial charge in [-0.05, 0) is 49.9 Å². The summed E-state index contributed by atoms with van der Waals surface area (Å²) in [5, 5.41) is 0. The lowest BCUT2D eigenvalue weighted by Crippen LogP contribution is -2.44. The molecule has 0 aromatic heterocycles. The summed E-state index contributed by atoms with van der Waals surface area (Å²) in [7, 11) is 0. The molecule has 0 aliphatic heterocycles. The van der Waals surface area contributed by atoms with Gasteiger partial charge in [0.05, 0.1) is 6.61 Å². The van der Waals surface area contributed by atoms with Gasteiger partial charge in [0.2, 0.25) is 0 Å². The molecule has 0 amide bonds. The van der Waals surface area contributed by atoms with Gasteiger partial charge in [0.15, 0.2) is 0 Å². The number of allylic oxidation sites excluding steroid dienone is 2. The van der Waals surface area contributed by atoms with Crippen LogP contribution in [0.4, 0.5) is 0 Å². The van der Waals surface area contributed by atoms with Crippen molar-refractivity contribution in [3.63, 3.8) is 0 Å². The molecule has 2 nitrogen and oxygen atoms in total. The van der Waals surface area contributed by atoms with Crippen LogP contribution >= 0.6 is 0 Å². The summed E-state index contributed by atoms with van der Waals surface area (Å²) in [6, 6.07) is 0. The number of carbonyl (C=O) groups excluding carboxylic acids is 1. The number of fused-ring (bicyclic) bond motifs is 1. The predicted molar refractivity (Wildman–Crippen MR) is 82.2 cm³/mol. The highest BCUT2D eigenvalue weighted by atomic mass is 16.5. The van der Waals surface area contributed by atoms with E-state index < -0.39 is 0 Å². The van der Waals surface area contributed by atoms with Gasteiger partial charge in [-0.3, -0.25) is 4.79 Å². The standard InChI is InChI=1S/C18H28O2/c1-12-6-7-17-16(10-18(17,4)5)13(2)9-15(8-12)11-20-14(3)19/h8,15-17H,2,6-7,9-11H2,1,3-5H3/b12-8+/t15-,16+,17+/m0/s1. The van der Waals surface area contributed by atoms with Crippen LogP contribution in [0.25, 0.3) is 0 Å². The van der Waals surface area contributed by atoms with E-state index in [-0.39, 0.29) is 5.97 Å². The fourth-order valence-corrected chi connectivity index (χ4v) is 4.01. The molecule has 1 saturated carbocycles. The normalized spacial score (nSPS) is 35.5. The zero-order valence-electron chi connectivity index (χ0n) is 13.4. The van der Waals surface area contributed by atoms with Gasteiger partial charge in [-0.2, -0.15) is 0 Å². The van der Waals surface area contributed by atoms with E-state index in [1.807, 2.05) is 0 Å². The van der Waals surface area contributed by atoms with Gasteiger partial charge in [-0.25, -0.2) is 0 Å². The minimum atomic E-state index is -0.191. The highest BCUT2D eigenvalue weighted by Crippen LogP contribution is 2.56. The van der Waals surface area contributed by atoms with Crippen LogP contribution in [0, 0.1) is 23.2 Å². The number of carbonyl (C=O) groups is 1. The molecule has 0 saturated heterocycles. The zero-order valence-corrected chi connectivity index (χ0v) is 13.4. The molecule has 2 heteroatoms. The maximum absolute atomic E-state index is 11.0. The average molecular weight is 276 g/mol. The van der Waals surface area contributed by atoms with E-state index in [2.05, 4.69) is 33.4 Å². The van der Waals surface area contributed by atoms with Gasteiger partial charge < -0.3 is 4.74 Å². The summed E-state index contributed by atoms with van der Waals surface area (Å²) in [6.45, 7) is 13.3. The van der Waals surface area contributed by atoms with Crippen molar-refractivity contribution in [1.29, 1.82) is 0 Å². The van der Waals surface area contributed by atoms with E-state index in [1.165, 1.54) is 30.9 Å². The molecule has 0 aromatic rings. The molecule has 112 valence electrons. The first-order valence-corrected chi connectivity index (χ1v) is 7.78. The minimum absolute atomic E-state index is 0.191. The molecule has 3 atom stereocenters. The largest absolute Gasteiger partial charge is 0.465 e. The smallest absolute Gasteiger partial charge is 0.302 e. The van der Waals surface area contributed by atoms with Crippen molar-refractivity contribution in [2.24, 2.45) is 23.2 Å². The Morgan fingerprint density at radius 3 is 2.80 bits per heavy atom. The lowest BCUT2D eigenvalue weighted by molar-refractivity contribution is -0.141. The van der Waals surface area contributed by atoms with E-state index in [0.29, 0.717) is 23.9 Å². The van der Waals surface area contributed by atoms with Crippen molar-refractivity contribution in [3.05, 3.63) is 23.8 Å². The van der Waals surface area contributed by atoms with Gasteiger partial charge in [0.1, 0.15) is 0 Å². The number of ether oxygens (including phenoxy) is 1. The first kappa shape index (κ1) is 15.3. The molecule has 0 aromatic carbocycles. The number of hydrogen-bond acceptors (Lipinski definition) is 2. The van der Waals surface area contributed by atoms with E-state index in [0.717, 1.165) is 18.8 Å². The molecular weight excluding hydrogens is 248 g/mol. The molecule has 0 bridgehead atoms. The van der Waals surface area contributed by atoms with E-state index in [9.17, 15) is 4.79 Å². The molecule has 0 radical (unpaired) electrons. The number of rotatable bonds is 2. The van der Waals surface area contributed by atoms with Gasteiger partial charge in [-0.1, -0.05) is 37.6 Å². The van der Waals surface area contributed by atoms with Crippen molar-refractivity contribution in [1.82, 2.24) is 0 Å². The molecule has 2 aliphatic rings. The second kappa shape index (κ2) is 5.75. The Labute approximate surface area is 123 Å². The summed E-state index contributed by atoms with van der Waals surface area (Å²) in [6.07, 6.45) is 6.94. The monoisotopic (exact) mass is 276 g/mol. The van der Waals surface area contributed by atoms with Crippen molar-refractivity contribution >= 4 is 5.97 Å². The van der Waals surface area contributed by atoms with Gasteiger partial charge in [0.25, 0.3) is 0 Å². The highest BCUT2D eigenvalue weighted by Gasteiger charge is 2.47. The third-order valence-corrected chi connectivity index (χ3v) is 5.15. The van der Waals surface area contributed by atoms with Crippen LogP contribution in [0.2, 0.25) is 0 Å². The maximum atomic E-state index is 11.0. The van der Waals surface area contributed by atoms with E-state index >= 15 is 0 Å². The summed E-state index contributed by atoms with van der Waals surface area (Å²) < 4.78 is 5.21. The first-order valence-electron chi connectivity index (χ1n) is 7.78. The van der Waals surface area contributed by atoms with Crippen molar-refractivity contribution < 1.29 is 9.53 Å². The summed E-state index contributed by atoms with van der Waals surface area (Å²) in [5.74, 6) is 1.55. The van der Waals surface area contributed by atoms with E-state index in [1.54, 1.807) is 0 Å². The summed E-state index contributed by atoms with van der Waals surface area (Å²) >= 11 is 0. The summed E-state index contributed by atoms with van der Waals surface area (Å²) in [5.41, 5.74) is 3.25. The van der Waals surface area contributed by atoms with Crippen LogP contribution in [0.5, 0.6) is 0 Å². The van der Waals surface area contributed by atoms with Crippen molar-refractivity contribution in [3.8, 4) is 0 Å².